The van der Waals surface area contributed by atoms with Crippen LogP contribution in [0.15, 0.2) is 46.8 Å². The first-order valence-electron chi connectivity index (χ1n) is 8.27. The molecule has 0 saturated carbocycles. The quantitative estimate of drug-likeness (QED) is 0.742. The molecule has 0 saturated heterocycles. The smallest absolute Gasteiger partial charge is 0.210 e. The van der Waals surface area contributed by atoms with Crippen LogP contribution in [0.1, 0.15) is 47.5 Å². The minimum Gasteiger partial charge on any atom is -0.478 e. The third kappa shape index (κ3) is 2.59. The number of rotatable bonds is 0. The van der Waals surface area contributed by atoms with Crippen molar-refractivity contribution in [1.29, 1.82) is 0 Å². The van der Waals surface area contributed by atoms with Crippen LogP contribution in [0.4, 0.5) is 0 Å². The van der Waals surface area contributed by atoms with Gasteiger partial charge in [0, 0.05) is 24.0 Å². The molecule has 2 heterocycles. The number of allylic oxidation sites excluding steroid dienone is 4. The van der Waals surface area contributed by atoms with Gasteiger partial charge in [0.15, 0.2) is 11.4 Å². The molecule has 0 unspecified atom stereocenters. The number of hydrogen-bond acceptors (Lipinski definition) is 4. The predicted octanol–water partition coefficient (Wildman–Crippen LogP) is 3.18. The van der Waals surface area contributed by atoms with Crippen LogP contribution < -0.4 is 0 Å². The lowest BCUT2D eigenvalue weighted by molar-refractivity contribution is -0.129. The van der Waals surface area contributed by atoms with Crippen molar-refractivity contribution in [1.82, 2.24) is 0 Å². The minimum atomic E-state index is -1.20. The highest BCUT2D eigenvalue weighted by molar-refractivity contribution is 6.08. The van der Waals surface area contributed by atoms with Crippen LogP contribution in [-0.4, -0.2) is 27.9 Å². The topological polar surface area (TPSA) is 63.6 Å². The van der Waals surface area contributed by atoms with Gasteiger partial charge in [-0.1, -0.05) is 19.9 Å². The van der Waals surface area contributed by atoms with Crippen molar-refractivity contribution in [2.45, 2.75) is 58.7 Å². The number of ether oxygens (including phenoxy) is 1. The van der Waals surface area contributed by atoms with E-state index in [4.69, 9.17) is 4.74 Å². The number of carbonyl (C=O) groups excluding carboxylic acids is 2. The van der Waals surface area contributed by atoms with Gasteiger partial charge in [0.25, 0.3) is 0 Å². The molecule has 3 aliphatic rings. The summed E-state index contributed by atoms with van der Waals surface area (Å²) in [6.45, 7) is 9.18. The Hall–Kier alpha value is -1.94. The first-order valence-corrected chi connectivity index (χ1v) is 8.27. The molecular weight excluding hydrogens is 304 g/mol. The monoisotopic (exact) mass is 328 g/mol. The summed E-state index contributed by atoms with van der Waals surface area (Å²) >= 11 is 0. The Morgan fingerprint density at radius 2 is 1.83 bits per heavy atom. The number of hydrogen-bond donors (Lipinski definition) is 1. The summed E-state index contributed by atoms with van der Waals surface area (Å²) in [5.41, 5.74) is -0.951. The van der Waals surface area contributed by atoms with Gasteiger partial charge in [-0.3, -0.25) is 9.59 Å². The Kier molecular flexibility index (Phi) is 3.54. The summed E-state index contributed by atoms with van der Waals surface area (Å²) in [5, 5.41) is 10.5. The van der Waals surface area contributed by atoms with E-state index in [1.165, 1.54) is 0 Å². The molecule has 128 valence electrons. The third-order valence-electron chi connectivity index (χ3n) is 5.03. The van der Waals surface area contributed by atoms with Gasteiger partial charge in [-0.25, -0.2) is 0 Å². The zero-order chi connectivity index (χ0) is 17.9. The van der Waals surface area contributed by atoms with Crippen LogP contribution in [0.25, 0.3) is 0 Å². The lowest BCUT2D eigenvalue weighted by atomic mass is 9.83. The molecule has 0 amide bonds. The van der Waals surface area contributed by atoms with Crippen molar-refractivity contribution in [3.8, 4) is 0 Å². The van der Waals surface area contributed by atoms with Gasteiger partial charge >= 0.3 is 0 Å². The first kappa shape index (κ1) is 16.9. The zero-order valence-electron chi connectivity index (χ0n) is 14.9. The van der Waals surface area contributed by atoms with Crippen LogP contribution >= 0.6 is 0 Å². The highest BCUT2D eigenvalue weighted by Gasteiger charge is 2.57. The highest BCUT2D eigenvalue weighted by Crippen LogP contribution is 2.50. The molecule has 1 spiro atoms. The van der Waals surface area contributed by atoms with Crippen LogP contribution in [0.3, 0.4) is 0 Å². The van der Waals surface area contributed by atoms with Crippen LogP contribution in [0.2, 0.25) is 0 Å². The van der Waals surface area contributed by atoms with E-state index in [0.717, 1.165) is 0 Å². The van der Waals surface area contributed by atoms with Crippen molar-refractivity contribution >= 4 is 11.6 Å². The Balaban J connectivity index is 2.20. The molecule has 4 nitrogen and oxygen atoms in total. The minimum absolute atomic E-state index is 0.0957. The van der Waals surface area contributed by atoms with Gasteiger partial charge in [0.2, 0.25) is 5.78 Å². The van der Waals surface area contributed by atoms with Crippen molar-refractivity contribution in [2.24, 2.45) is 5.41 Å². The molecule has 0 aromatic heterocycles. The highest BCUT2D eigenvalue weighted by atomic mass is 16.5. The predicted molar refractivity (Wildman–Crippen MR) is 91.1 cm³/mol. The Bertz CT molecular complexity index is 759. The van der Waals surface area contributed by atoms with Gasteiger partial charge in [0.05, 0.1) is 5.60 Å². The fourth-order valence-corrected chi connectivity index (χ4v) is 3.71. The fourth-order valence-electron chi connectivity index (χ4n) is 3.71. The number of Topliss-reactive ketones (excluding diaryl/α,β-unsaturated/α-hetero) is 1. The fraction of sp³-hybridized carbons (Fsp3) is 0.500. The van der Waals surface area contributed by atoms with Crippen LogP contribution in [0, 0.1) is 5.41 Å². The van der Waals surface area contributed by atoms with E-state index >= 15 is 0 Å². The normalized spacial score (nSPS) is 38.8. The Morgan fingerprint density at radius 3 is 2.50 bits per heavy atom. The molecule has 4 heteroatoms. The molecule has 2 atom stereocenters. The second kappa shape index (κ2) is 5.03. The lowest BCUT2D eigenvalue weighted by Gasteiger charge is -2.29. The SMILES string of the molecule is CC1=C2CC(C)(C)/C=C/C(=O)/C(C)=C/C3=C[C@@](C)(O)C[C@]3(O2)C1=O. The lowest BCUT2D eigenvalue weighted by Crippen LogP contribution is -2.40. The zero-order valence-corrected chi connectivity index (χ0v) is 14.9. The first-order chi connectivity index (χ1) is 11.0. The third-order valence-corrected chi connectivity index (χ3v) is 5.03. The van der Waals surface area contributed by atoms with E-state index in [-0.39, 0.29) is 23.4 Å². The summed E-state index contributed by atoms with van der Waals surface area (Å²) in [7, 11) is 0. The van der Waals surface area contributed by atoms with Crippen LogP contribution in [0.5, 0.6) is 0 Å². The number of fused-ring (bicyclic) bond motifs is 1. The van der Waals surface area contributed by atoms with Crippen molar-refractivity contribution in [3.63, 3.8) is 0 Å². The Morgan fingerprint density at radius 1 is 1.17 bits per heavy atom. The van der Waals surface area contributed by atoms with Crippen molar-refractivity contribution in [3.05, 3.63) is 46.8 Å². The molecular formula is C20H24O4. The van der Waals surface area contributed by atoms with Gasteiger partial charge in [-0.05, 0) is 50.0 Å². The molecule has 0 radical (unpaired) electrons. The molecule has 0 aromatic rings. The second-order valence-corrected chi connectivity index (χ2v) is 8.13. The standard InChI is InChI=1S/C20H24O4/c1-12-8-14-9-19(5,23)11-20(14)17(22)13(2)16(24-20)10-18(3,4)7-6-15(12)21/h6-9,23H,10-11H2,1-5H3/b7-6+,12-8+/t19-,20-/m1/s1. The van der Waals surface area contributed by atoms with Gasteiger partial charge in [0.1, 0.15) is 5.76 Å². The van der Waals surface area contributed by atoms with Gasteiger partial charge in [-0.15, -0.1) is 0 Å². The maximum Gasteiger partial charge on any atom is 0.210 e. The molecule has 2 aliphatic heterocycles. The number of aliphatic hydroxyl groups is 1. The van der Waals surface area contributed by atoms with E-state index in [9.17, 15) is 14.7 Å². The van der Waals surface area contributed by atoms with Crippen molar-refractivity contribution in [2.75, 3.05) is 0 Å². The summed E-state index contributed by atoms with van der Waals surface area (Å²) in [6, 6.07) is 0. The summed E-state index contributed by atoms with van der Waals surface area (Å²) in [4.78, 5) is 25.4. The molecule has 0 aromatic carbocycles. The van der Waals surface area contributed by atoms with Gasteiger partial charge in [-0.2, -0.15) is 0 Å². The van der Waals surface area contributed by atoms with E-state index in [0.29, 0.717) is 28.9 Å². The van der Waals surface area contributed by atoms with E-state index in [2.05, 4.69) is 0 Å². The average Bonchev–Trinajstić information content (AvgIpc) is 2.83. The second-order valence-electron chi connectivity index (χ2n) is 8.13. The van der Waals surface area contributed by atoms with E-state index in [1.54, 1.807) is 39.0 Å². The molecule has 1 N–H and O–H groups in total. The van der Waals surface area contributed by atoms with Crippen molar-refractivity contribution < 1.29 is 19.4 Å². The molecule has 1 aliphatic carbocycles. The largest absolute Gasteiger partial charge is 0.478 e. The average molecular weight is 328 g/mol. The molecule has 2 bridgehead atoms. The Labute approximate surface area is 142 Å². The van der Waals surface area contributed by atoms with Crippen LogP contribution in [-0.2, 0) is 14.3 Å². The summed E-state index contributed by atoms with van der Waals surface area (Å²) < 4.78 is 6.20. The number of carbonyl (C=O) groups is 2. The van der Waals surface area contributed by atoms with E-state index < -0.39 is 11.2 Å². The van der Waals surface area contributed by atoms with Gasteiger partial charge < -0.3 is 9.84 Å². The summed E-state index contributed by atoms with van der Waals surface area (Å²) in [6.07, 6.45) is 7.48. The van der Waals surface area contributed by atoms with E-state index in [1.807, 2.05) is 19.9 Å². The molecule has 0 fully saturated rings. The summed E-state index contributed by atoms with van der Waals surface area (Å²) in [5.74, 6) is 0.443. The molecule has 3 rings (SSSR count). The maximum absolute atomic E-state index is 13.0. The maximum atomic E-state index is 13.0. The molecule has 24 heavy (non-hydrogen) atoms. The number of ketones is 2.